The first-order chi connectivity index (χ1) is 6.33. The summed E-state index contributed by atoms with van der Waals surface area (Å²) in [6, 6.07) is 0. The maximum Gasteiger partial charge on any atom is 0.0696 e. The molecule has 0 aromatic rings. The molecule has 0 bridgehead atoms. The summed E-state index contributed by atoms with van der Waals surface area (Å²) in [7, 11) is 6.68. The Labute approximate surface area is 81.1 Å². The summed E-state index contributed by atoms with van der Waals surface area (Å²) >= 11 is 0. The van der Waals surface area contributed by atoms with Crippen LogP contribution in [0.15, 0.2) is 0 Å². The lowest BCUT2D eigenvalue weighted by atomic mass is 10.5. The van der Waals surface area contributed by atoms with Crippen LogP contribution in [-0.2, 0) is 18.9 Å². The van der Waals surface area contributed by atoms with Crippen LogP contribution in [0.4, 0.5) is 0 Å². The summed E-state index contributed by atoms with van der Waals surface area (Å²) in [5, 5.41) is 0. The molecule has 82 valence electrons. The lowest BCUT2D eigenvalue weighted by Crippen LogP contribution is -1.96. The molecular weight excluding hydrogens is 172 g/mol. The van der Waals surface area contributed by atoms with Crippen molar-refractivity contribution >= 4 is 0 Å². The van der Waals surface area contributed by atoms with E-state index in [2.05, 4.69) is 9.47 Å². The van der Waals surface area contributed by atoms with Crippen LogP contribution in [0, 0.1) is 0 Å². The molecule has 0 saturated heterocycles. The molecule has 4 nitrogen and oxygen atoms in total. The Kier molecular flexibility index (Phi) is 21.0. The lowest BCUT2D eigenvalue weighted by Gasteiger charge is -1.94. The molecule has 0 aromatic carbocycles. The fourth-order valence-corrected chi connectivity index (χ4v) is 0.514. The third-order valence-electron chi connectivity index (χ3n) is 1.19. The van der Waals surface area contributed by atoms with Crippen LogP contribution in [0.3, 0.4) is 0 Å². The standard InChI is InChI=1S/C5H12O2.C4H10O2/c1-6-4-3-5-7-2;1-5-3-4-6-2/h3-5H2,1-2H3;3-4H2,1-2H3. The zero-order chi connectivity index (χ0) is 10.4. The fourth-order valence-electron chi connectivity index (χ4n) is 0.514. The van der Waals surface area contributed by atoms with Crippen molar-refractivity contribution in [3.8, 4) is 0 Å². The van der Waals surface area contributed by atoms with Crippen LogP contribution in [0.25, 0.3) is 0 Å². The topological polar surface area (TPSA) is 36.9 Å². The second-order valence-corrected chi connectivity index (χ2v) is 2.32. The van der Waals surface area contributed by atoms with Crippen molar-refractivity contribution in [2.75, 3.05) is 54.9 Å². The highest BCUT2D eigenvalue weighted by Crippen LogP contribution is 1.78. The maximum absolute atomic E-state index is 4.76. The van der Waals surface area contributed by atoms with Gasteiger partial charge in [0.15, 0.2) is 0 Å². The Balaban J connectivity index is 0. The van der Waals surface area contributed by atoms with Crippen LogP contribution in [0.2, 0.25) is 0 Å². The molecule has 0 rings (SSSR count). The molecule has 0 aromatic heterocycles. The van der Waals surface area contributed by atoms with Crippen LogP contribution < -0.4 is 0 Å². The third kappa shape index (κ3) is 24.5. The van der Waals surface area contributed by atoms with Gasteiger partial charge in [0, 0.05) is 41.7 Å². The predicted octanol–water partition coefficient (Wildman–Crippen LogP) is 0.948. The monoisotopic (exact) mass is 194 g/mol. The van der Waals surface area contributed by atoms with Crippen molar-refractivity contribution in [3.05, 3.63) is 0 Å². The Hall–Kier alpha value is -0.160. The van der Waals surface area contributed by atoms with Gasteiger partial charge in [0.2, 0.25) is 0 Å². The fraction of sp³-hybridized carbons (Fsp3) is 1.00. The minimum atomic E-state index is 0.691. The second kappa shape index (κ2) is 17.8. The molecule has 0 aliphatic heterocycles. The average molecular weight is 194 g/mol. The number of methoxy groups -OCH3 is 4. The highest BCUT2D eigenvalue weighted by molar-refractivity contribution is 4.28. The lowest BCUT2D eigenvalue weighted by molar-refractivity contribution is 0.103. The minimum Gasteiger partial charge on any atom is -0.385 e. The van der Waals surface area contributed by atoms with E-state index in [0.717, 1.165) is 19.6 Å². The largest absolute Gasteiger partial charge is 0.385 e. The molecule has 0 aliphatic rings. The van der Waals surface area contributed by atoms with E-state index in [0.29, 0.717) is 13.2 Å². The van der Waals surface area contributed by atoms with Crippen molar-refractivity contribution in [2.24, 2.45) is 0 Å². The van der Waals surface area contributed by atoms with Gasteiger partial charge in [0.25, 0.3) is 0 Å². The van der Waals surface area contributed by atoms with Gasteiger partial charge in [-0.1, -0.05) is 0 Å². The number of hydrogen-bond acceptors (Lipinski definition) is 4. The Morgan fingerprint density at radius 2 is 0.846 bits per heavy atom. The molecule has 13 heavy (non-hydrogen) atoms. The van der Waals surface area contributed by atoms with E-state index in [1.165, 1.54) is 0 Å². The number of ether oxygens (including phenoxy) is 4. The Morgan fingerprint density at radius 1 is 0.538 bits per heavy atom. The zero-order valence-corrected chi connectivity index (χ0v) is 9.17. The average Bonchev–Trinajstić information content (AvgIpc) is 2.17. The van der Waals surface area contributed by atoms with E-state index in [9.17, 15) is 0 Å². The first-order valence-corrected chi connectivity index (χ1v) is 4.29. The van der Waals surface area contributed by atoms with E-state index in [-0.39, 0.29) is 0 Å². The predicted molar refractivity (Wildman–Crippen MR) is 52.1 cm³/mol. The van der Waals surface area contributed by atoms with E-state index in [1.807, 2.05) is 0 Å². The SMILES string of the molecule is COCCCOC.COCCOC. The summed E-state index contributed by atoms with van der Waals surface area (Å²) < 4.78 is 18.8. The van der Waals surface area contributed by atoms with Crippen LogP contribution >= 0.6 is 0 Å². The van der Waals surface area contributed by atoms with E-state index >= 15 is 0 Å². The van der Waals surface area contributed by atoms with E-state index < -0.39 is 0 Å². The first kappa shape index (κ1) is 15.3. The summed E-state index contributed by atoms with van der Waals surface area (Å²) in [5.74, 6) is 0. The quantitative estimate of drug-likeness (QED) is 0.565. The molecule has 0 radical (unpaired) electrons. The molecular formula is C9H22O4. The molecule has 0 saturated carbocycles. The Morgan fingerprint density at radius 3 is 1.08 bits per heavy atom. The van der Waals surface area contributed by atoms with Gasteiger partial charge < -0.3 is 18.9 Å². The summed E-state index contributed by atoms with van der Waals surface area (Å²) in [5.41, 5.74) is 0. The van der Waals surface area contributed by atoms with Gasteiger partial charge >= 0.3 is 0 Å². The molecule has 4 heteroatoms. The molecule has 0 atom stereocenters. The maximum atomic E-state index is 4.76. The molecule has 0 N–H and O–H groups in total. The van der Waals surface area contributed by atoms with E-state index in [1.54, 1.807) is 28.4 Å². The van der Waals surface area contributed by atoms with Gasteiger partial charge in [0.1, 0.15) is 0 Å². The van der Waals surface area contributed by atoms with Crippen LogP contribution in [-0.4, -0.2) is 54.9 Å². The summed E-state index contributed by atoms with van der Waals surface area (Å²) in [6.45, 7) is 2.98. The van der Waals surface area contributed by atoms with Gasteiger partial charge in [-0.15, -0.1) is 0 Å². The van der Waals surface area contributed by atoms with Crippen molar-refractivity contribution in [1.29, 1.82) is 0 Å². The van der Waals surface area contributed by atoms with Gasteiger partial charge in [0.05, 0.1) is 13.2 Å². The summed E-state index contributed by atoms with van der Waals surface area (Å²) in [4.78, 5) is 0. The van der Waals surface area contributed by atoms with Crippen molar-refractivity contribution in [1.82, 2.24) is 0 Å². The minimum absolute atomic E-state index is 0.691. The van der Waals surface area contributed by atoms with Gasteiger partial charge in [-0.2, -0.15) is 0 Å². The van der Waals surface area contributed by atoms with E-state index in [4.69, 9.17) is 9.47 Å². The molecule has 0 heterocycles. The normalized spacial score (nSPS) is 9.23. The van der Waals surface area contributed by atoms with Crippen molar-refractivity contribution < 1.29 is 18.9 Å². The van der Waals surface area contributed by atoms with Gasteiger partial charge in [-0.25, -0.2) is 0 Å². The zero-order valence-electron chi connectivity index (χ0n) is 9.17. The molecule has 0 fully saturated rings. The smallest absolute Gasteiger partial charge is 0.0696 e. The molecule has 0 amide bonds. The van der Waals surface area contributed by atoms with Crippen molar-refractivity contribution in [3.63, 3.8) is 0 Å². The van der Waals surface area contributed by atoms with Gasteiger partial charge in [-0.05, 0) is 6.42 Å². The molecule has 0 spiro atoms. The Bertz CT molecular complexity index is 60.6. The van der Waals surface area contributed by atoms with Gasteiger partial charge in [-0.3, -0.25) is 0 Å². The second-order valence-electron chi connectivity index (χ2n) is 2.32. The highest BCUT2D eigenvalue weighted by Gasteiger charge is 1.79. The summed E-state index contributed by atoms with van der Waals surface area (Å²) in [6.07, 6.45) is 0.993. The van der Waals surface area contributed by atoms with Crippen LogP contribution in [0.5, 0.6) is 0 Å². The molecule has 0 unspecified atom stereocenters. The first-order valence-electron chi connectivity index (χ1n) is 4.29. The molecule has 0 aliphatic carbocycles. The highest BCUT2D eigenvalue weighted by atomic mass is 16.5. The van der Waals surface area contributed by atoms with Crippen LogP contribution in [0.1, 0.15) is 6.42 Å². The number of hydrogen-bond donors (Lipinski definition) is 0. The van der Waals surface area contributed by atoms with Crippen molar-refractivity contribution in [2.45, 2.75) is 6.42 Å². The number of rotatable bonds is 7. The third-order valence-corrected chi connectivity index (χ3v) is 1.19.